The number of carbonyl (C=O) groups is 2. The summed E-state index contributed by atoms with van der Waals surface area (Å²) >= 11 is 7.15. The van der Waals surface area contributed by atoms with Gasteiger partial charge in [0.25, 0.3) is 11.5 Å². The highest BCUT2D eigenvalue weighted by atomic mass is 35.5. The second-order valence-electron chi connectivity index (χ2n) is 7.52. The Balaban J connectivity index is 1.58. The van der Waals surface area contributed by atoms with Crippen LogP contribution in [-0.2, 0) is 4.79 Å². The molecule has 0 atom stereocenters. The topological polar surface area (TPSA) is 102 Å². The molecule has 0 saturated heterocycles. The maximum Gasteiger partial charge on any atom is 0.281 e. The third-order valence-corrected chi connectivity index (χ3v) is 6.44. The number of ether oxygens (including phenoxy) is 1. The summed E-state index contributed by atoms with van der Waals surface area (Å²) in [6, 6.07) is 18.5. The second kappa shape index (κ2) is 10.6. The van der Waals surface area contributed by atoms with Crippen molar-refractivity contribution in [1.29, 1.82) is 0 Å². The molecule has 0 aliphatic carbocycles. The predicted octanol–water partition coefficient (Wildman–Crippen LogP) is 4.48. The molecule has 178 valence electrons. The number of nitrogens with one attached hydrogen (secondary N) is 2. The Bertz CT molecular complexity index is 1470. The van der Waals surface area contributed by atoms with Gasteiger partial charge in [0.1, 0.15) is 5.75 Å². The van der Waals surface area contributed by atoms with Crippen molar-refractivity contribution in [2.45, 2.75) is 12.1 Å². The van der Waals surface area contributed by atoms with Gasteiger partial charge in [-0.1, -0.05) is 41.6 Å². The second-order valence-corrected chi connectivity index (χ2v) is 8.87. The van der Waals surface area contributed by atoms with Gasteiger partial charge in [0.05, 0.1) is 23.8 Å². The molecule has 1 heterocycles. The molecular weight excluding hydrogens is 488 g/mol. The van der Waals surface area contributed by atoms with Gasteiger partial charge in [-0.05, 0) is 61.0 Å². The van der Waals surface area contributed by atoms with Gasteiger partial charge in [-0.15, -0.1) is 0 Å². The molecule has 0 fully saturated rings. The van der Waals surface area contributed by atoms with E-state index in [0.29, 0.717) is 32.9 Å². The molecule has 4 rings (SSSR count). The lowest BCUT2D eigenvalue weighted by molar-refractivity contribution is -0.113. The maximum atomic E-state index is 13.2. The van der Waals surface area contributed by atoms with E-state index in [1.165, 1.54) is 7.11 Å². The fourth-order valence-electron chi connectivity index (χ4n) is 3.21. The Morgan fingerprint density at radius 2 is 1.83 bits per heavy atom. The minimum Gasteiger partial charge on any atom is -0.497 e. The van der Waals surface area contributed by atoms with E-state index in [4.69, 9.17) is 16.3 Å². The summed E-state index contributed by atoms with van der Waals surface area (Å²) in [5.74, 6) is -0.268. The van der Waals surface area contributed by atoms with Crippen LogP contribution in [0.4, 0.5) is 5.69 Å². The number of hydrogen-bond donors (Lipinski definition) is 2. The van der Waals surface area contributed by atoms with E-state index in [2.05, 4.69) is 15.7 Å². The third kappa shape index (κ3) is 5.64. The van der Waals surface area contributed by atoms with Gasteiger partial charge in [-0.3, -0.25) is 19.8 Å². The SMILES string of the molecule is COc1ccc(C(=O)Nn2c(SCC(=O)Nc3ccc(C)c(Cl)c3)nc3ccccc3c2=O)cc1. The number of benzene rings is 3. The molecule has 0 spiro atoms. The van der Waals surface area contributed by atoms with Crippen LogP contribution in [-0.4, -0.2) is 34.3 Å². The van der Waals surface area contributed by atoms with E-state index >= 15 is 0 Å². The van der Waals surface area contributed by atoms with Crippen molar-refractivity contribution in [3.05, 3.63) is 93.2 Å². The monoisotopic (exact) mass is 508 g/mol. The summed E-state index contributed by atoms with van der Waals surface area (Å²) < 4.78 is 6.18. The van der Waals surface area contributed by atoms with Gasteiger partial charge in [-0.25, -0.2) is 4.98 Å². The maximum absolute atomic E-state index is 13.2. The predicted molar refractivity (Wildman–Crippen MR) is 138 cm³/mol. The Morgan fingerprint density at radius 3 is 2.54 bits per heavy atom. The minimum absolute atomic E-state index is 0.0469. The molecule has 0 aliphatic heterocycles. The molecule has 0 saturated carbocycles. The van der Waals surface area contributed by atoms with Gasteiger partial charge in [0.2, 0.25) is 5.91 Å². The fraction of sp³-hybridized carbons (Fsp3) is 0.120. The molecule has 0 radical (unpaired) electrons. The average molecular weight is 509 g/mol. The molecule has 2 amide bonds. The van der Waals surface area contributed by atoms with Gasteiger partial charge in [0.15, 0.2) is 5.16 Å². The molecule has 10 heteroatoms. The standard InChI is InChI=1S/C25H21ClN4O4S/c1-15-7-10-17(13-20(15)26)27-22(31)14-35-25-28-21-6-4-3-5-19(21)24(33)30(25)29-23(32)16-8-11-18(34-2)12-9-16/h3-13H,14H2,1-2H3,(H,27,31)(H,29,32). The number of hydrogen-bond acceptors (Lipinski definition) is 6. The highest BCUT2D eigenvalue weighted by Crippen LogP contribution is 2.21. The van der Waals surface area contributed by atoms with Crippen LogP contribution in [0.3, 0.4) is 0 Å². The fourth-order valence-corrected chi connectivity index (χ4v) is 4.15. The smallest absolute Gasteiger partial charge is 0.281 e. The molecule has 1 aromatic heterocycles. The van der Waals surface area contributed by atoms with E-state index in [0.717, 1.165) is 22.0 Å². The number of nitrogens with zero attached hydrogens (tertiary/aromatic N) is 2. The molecule has 35 heavy (non-hydrogen) atoms. The number of thioether (sulfide) groups is 1. The van der Waals surface area contributed by atoms with Crippen LogP contribution in [0.15, 0.2) is 76.7 Å². The number of amides is 2. The molecule has 2 N–H and O–H groups in total. The Labute approximate surface area is 210 Å². The van der Waals surface area contributed by atoms with Crippen LogP contribution in [0.5, 0.6) is 5.75 Å². The highest BCUT2D eigenvalue weighted by Gasteiger charge is 2.16. The van der Waals surface area contributed by atoms with E-state index < -0.39 is 11.5 Å². The molecule has 3 aromatic carbocycles. The Kier molecular flexibility index (Phi) is 7.38. The molecule has 0 bridgehead atoms. The molecule has 8 nitrogen and oxygen atoms in total. The number of methoxy groups -OCH3 is 1. The van der Waals surface area contributed by atoms with Gasteiger partial charge >= 0.3 is 0 Å². The summed E-state index contributed by atoms with van der Waals surface area (Å²) in [6.45, 7) is 1.87. The van der Waals surface area contributed by atoms with Gasteiger partial charge < -0.3 is 10.1 Å². The molecular formula is C25H21ClN4O4S. The quantitative estimate of drug-likeness (QED) is 0.282. The lowest BCUT2D eigenvalue weighted by Gasteiger charge is -2.14. The number of aryl methyl sites for hydroxylation is 1. The Hall–Kier alpha value is -3.82. The zero-order valence-electron chi connectivity index (χ0n) is 18.9. The Morgan fingerprint density at radius 1 is 1.09 bits per heavy atom. The number of para-hydroxylation sites is 1. The molecule has 0 unspecified atom stereocenters. The summed E-state index contributed by atoms with van der Waals surface area (Å²) in [5.41, 5.74) is 4.40. The first-order chi connectivity index (χ1) is 16.9. The third-order valence-electron chi connectivity index (χ3n) is 5.10. The summed E-state index contributed by atoms with van der Waals surface area (Å²) in [5, 5.41) is 3.83. The number of anilines is 1. The van der Waals surface area contributed by atoms with Crippen molar-refractivity contribution in [3.63, 3.8) is 0 Å². The van der Waals surface area contributed by atoms with Crippen molar-refractivity contribution in [3.8, 4) is 5.75 Å². The van der Waals surface area contributed by atoms with Crippen molar-refractivity contribution in [2.75, 3.05) is 23.6 Å². The minimum atomic E-state index is -0.507. The first-order valence-electron chi connectivity index (χ1n) is 10.5. The lowest BCUT2D eigenvalue weighted by Crippen LogP contribution is -2.35. The summed E-state index contributed by atoms with van der Waals surface area (Å²) in [4.78, 5) is 43.1. The van der Waals surface area contributed by atoms with Gasteiger partial charge in [0, 0.05) is 16.3 Å². The number of rotatable bonds is 7. The van der Waals surface area contributed by atoms with Crippen LogP contribution in [0.2, 0.25) is 5.02 Å². The van der Waals surface area contributed by atoms with Crippen molar-refractivity contribution < 1.29 is 14.3 Å². The first kappa shape index (κ1) is 24.3. The molecule has 4 aromatic rings. The van der Waals surface area contributed by atoms with E-state index in [1.807, 2.05) is 13.0 Å². The highest BCUT2D eigenvalue weighted by molar-refractivity contribution is 7.99. The number of aromatic nitrogens is 2. The van der Waals surface area contributed by atoms with Crippen LogP contribution < -0.4 is 21.0 Å². The largest absolute Gasteiger partial charge is 0.497 e. The van der Waals surface area contributed by atoms with Crippen molar-refractivity contribution >= 4 is 51.8 Å². The number of halogens is 1. The van der Waals surface area contributed by atoms with Crippen LogP contribution in [0.25, 0.3) is 10.9 Å². The number of fused-ring (bicyclic) bond motifs is 1. The lowest BCUT2D eigenvalue weighted by atomic mass is 10.2. The van der Waals surface area contributed by atoms with Crippen LogP contribution in [0.1, 0.15) is 15.9 Å². The van der Waals surface area contributed by atoms with Gasteiger partial charge in [-0.2, -0.15) is 4.68 Å². The average Bonchev–Trinajstić information content (AvgIpc) is 2.87. The first-order valence-corrected chi connectivity index (χ1v) is 11.9. The zero-order valence-corrected chi connectivity index (χ0v) is 20.4. The van der Waals surface area contributed by atoms with E-state index in [-0.39, 0.29) is 16.8 Å². The zero-order chi connectivity index (χ0) is 24.9. The normalized spacial score (nSPS) is 10.7. The van der Waals surface area contributed by atoms with Crippen LogP contribution >= 0.6 is 23.4 Å². The summed E-state index contributed by atoms with van der Waals surface area (Å²) in [6.07, 6.45) is 0. The van der Waals surface area contributed by atoms with Crippen LogP contribution in [0, 0.1) is 6.92 Å². The number of carbonyl (C=O) groups excluding carboxylic acids is 2. The van der Waals surface area contributed by atoms with Crippen molar-refractivity contribution in [2.24, 2.45) is 0 Å². The van der Waals surface area contributed by atoms with Crippen molar-refractivity contribution in [1.82, 2.24) is 9.66 Å². The van der Waals surface area contributed by atoms with E-state index in [1.54, 1.807) is 60.7 Å². The molecule has 0 aliphatic rings. The summed E-state index contributed by atoms with van der Waals surface area (Å²) in [7, 11) is 1.53. The van der Waals surface area contributed by atoms with E-state index in [9.17, 15) is 14.4 Å².